The van der Waals surface area contributed by atoms with E-state index in [0.29, 0.717) is 13.0 Å². The van der Waals surface area contributed by atoms with Crippen LogP contribution in [0.15, 0.2) is 40.8 Å². The van der Waals surface area contributed by atoms with Crippen LogP contribution in [-0.2, 0) is 17.8 Å². The number of aromatic nitrogens is 3. The third-order valence-electron chi connectivity index (χ3n) is 3.40. The van der Waals surface area contributed by atoms with Crippen molar-refractivity contribution in [3.63, 3.8) is 0 Å². The maximum absolute atomic E-state index is 11.9. The van der Waals surface area contributed by atoms with Crippen molar-refractivity contribution in [1.29, 1.82) is 0 Å². The van der Waals surface area contributed by atoms with Gasteiger partial charge in [0.1, 0.15) is 12.2 Å². The smallest absolute Gasteiger partial charge is 0.307 e. The molecule has 0 atom stereocenters. The lowest BCUT2D eigenvalue weighted by molar-refractivity contribution is -0.121. The Morgan fingerprint density at radius 1 is 1.41 bits per heavy atom. The number of pyridine rings is 1. The largest absolute Gasteiger partial charge is 0.354 e. The lowest BCUT2D eigenvalue weighted by Crippen LogP contribution is -2.32. The summed E-state index contributed by atoms with van der Waals surface area (Å²) < 4.78 is 3.43. The van der Waals surface area contributed by atoms with Gasteiger partial charge in [0.2, 0.25) is 5.91 Å². The first-order chi connectivity index (χ1) is 10.6. The average molecular weight is 316 g/mol. The summed E-state index contributed by atoms with van der Waals surface area (Å²) in [7, 11) is 0. The van der Waals surface area contributed by atoms with E-state index in [9.17, 15) is 9.59 Å². The van der Waals surface area contributed by atoms with Crippen molar-refractivity contribution in [2.45, 2.75) is 19.9 Å². The third-order valence-corrected chi connectivity index (χ3v) is 4.28. The molecule has 0 unspecified atom stereocenters. The highest BCUT2D eigenvalue weighted by Gasteiger charge is 2.08. The van der Waals surface area contributed by atoms with Crippen molar-refractivity contribution in [3.05, 3.63) is 57.0 Å². The van der Waals surface area contributed by atoms with Crippen molar-refractivity contribution < 1.29 is 4.79 Å². The number of carbonyl (C=O) groups is 1. The maximum atomic E-state index is 11.9. The van der Waals surface area contributed by atoms with Crippen LogP contribution in [-0.4, -0.2) is 26.4 Å². The molecule has 6 nitrogen and oxygen atoms in total. The SMILES string of the molecule is Cc1csc(=O)n1CC(=O)NCCc1cn2ccccc2n1. The molecule has 22 heavy (non-hydrogen) atoms. The standard InChI is InChI=1S/C15H16N4O2S/c1-11-10-22-15(21)19(11)9-14(20)16-6-5-12-8-18-7-3-2-4-13(18)17-12/h2-4,7-8,10H,5-6,9H2,1H3,(H,16,20). The summed E-state index contributed by atoms with van der Waals surface area (Å²) in [6.45, 7) is 2.39. The number of hydrogen-bond donors (Lipinski definition) is 1. The molecule has 0 aromatic carbocycles. The van der Waals surface area contributed by atoms with Gasteiger partial charge in [-0.05, 0) is 19.1 Å². The van der Waals surface area contributed by atoms with Crippen LogP contribution < -0.4 is 10.2 Å². The Balaban J connectivity index is 1.54. The van der Waals surface area contributed by atoms with Gasteiger partial charge in [-0.3, -0.25) is 14.2 Å². The van der Waals surface area contributed by atoms with Gasteiger partial charge >= 0.3 is 4.87 Å². The predicted molar refractivity (Wildman–Crippen MR) is 85.2 cm³/mol. The zero-order valence-corrected chi connectivity index (χ0v) is 13.0. The fourth-order valence-corrected chi connectivity index (χ4v) is 2.97. The normalized spacial score (nSPS) is 11.0. The van der Waals surface area contributed by atoms with E-state index in [1.165, 1.54) is 4.57 Å². The second-order valence-electron chi connectivity index (χ2n) is 5.03. The first-order valence-electron chi connectivity index (χ1n) is 6.98. The number of fused-ring (bicyclic) bond motifs is 1. The minimum Gasteiger partial charge on any atom is -0.354 e. The maximum Gasteiger partial charge on any atom is 0.307 e. The number of aryl methyl sites for hydroxylation is 1. The molecule has 0 aliphatic rings. The van der Waals surface area contributed by atoms with Gasteiger partial charge in [-0.1, -0.05) is 17.4 Å². The summed E-state index contributed by atoms with van der Waals surface area (Å²) in [6, 6.07) is 5.82. The fraction of sp³-hybridized carbons (Fsp3) is 0.267. The van der Waals surface area contributed by atoms with Crippen molar-refractivity contribution in [3.8, 4) is 0 Å². The molecule has 0 spiro atoms. The lowest BCUT2D eigenvalue weighted by Gasteiger charge is -2.05. The molecular formula is C15H16N4O2S. The summed E-state index contributed by atoms with van der Waals surface area (Å²) >= 11 is 1.11. The molecule has 1 N–H and O–H groups in total. The Labute approximate surface area is 131 Å². The average Bonchev–Trinajstić information content (AvgIpc) is 3.05. The molecule has 7 heteroatoms. The van der Waals surface area contributed by atoms with Gasteiger partial charge in [-0.2, -0.15) is 0 Å². The van der Waals surface area contributed by atoms with Crippen LogP contribution >= 0.6 is 11.3 Å². The Morgan fingerprint density at radius 3 is 3.00 bits per heavy atom. The Hall–Kier alpha value is -2.41. The van der Waals surface area contributed by atoms with Crippen LogP contribution in [0.4, 0.5) is 0 Å². The highest BCUT2D eigenvalue weighted by atomic mass is 32.1. The zero-order chi connectivity index (χ0) is 15.5. The Bertz CT molecular complexity index is 829. The molecule has 0 saturated carbocycles. The molecule has 1 amide bonds. The molecule has 0 saturated heterocycles. The predicted octanol–water partition coefficient (Wildman–Crippen LogP) is 1.22. The number of rotatable bonds is 5. The monoisotopic (exact) mass is 316 g/mol. The molecule has 0 bridgehead atoms. The second-order valence-corrected chi connectivity index (χ2v) is 5.85. The lowest BCUT2D eigenvalue weighted by atomic mass is 10.3. The molecule has 0 radical (unpaired) electrons. The zero-order valence-electron chi connectivity index (χ0n) is 12.2. The first kappa shape index (κ1) is 14.5. The Morgan fingerprint density at radius 2 is 2.27 bits per heavy atom. The van der Waals surface area contributed by atoms with Crippen molar-refractivity contribution >= 4 is 22.9 Å². The number of imidazole rings is 1. The first-order valence-corrected chi connectivity index (χ1v) is 7.86. The molecule has 0 fully saturated rings. The summed E-state index contributed by atoms with van der Waals surface area (Å²) in [4.78, 5) is 27.8. The fourth-order valence-electron chi connectivity index (χ4n) is 2.23. The summed E-state index contributed by atoms with van der Waals surface area (Å²) in [6.07, 6.45) is 4.55. The minimum absolute atomic E-state index is 0.0688. The van der Waals surface area contributed by atoms with E-state index in [4.69, 9.17) is 0 Å². The van der Waals surface area contributed by atoms with Gasteiger partial charge in [-0.25, -0.2) is 4.98 Å². The van der Waals surface area contributed by atoms with Crippen LogP contribution in [0.1, 0.15) is 11.4 Å². The number of thiazole rings is 1. The van der Waals surface area contributed by atoms with Gasteiger partial charge < -0.3 is 9.72 Å². The number of nitrogens with one attached hydrogen (secondary N) is 1. The molecule has 0 aliphatic heterocycles. The van der Waals surface area contributed by atoms with E-state index in [2.05, 4.69) is 10.3 Å². The van der Waals surface area contributed by atoms with Crippen molar-refractivity contribution in [1.82, 2.24) is 19.3 Å². The van der Waals surface area contributed by atoms with Gasteiger partial charge in [0, 0.05) is 36.4 Å². The van der Waals surface area contributed by atoms with Crippen LogP contribution in [0.2, 0.25) is 0 Å². The van der Waals surface area contributed by atoms with Crippen LogP contribution in [0, 0.1) is 6.92 Å². The molecule has 3 heterocycles. The highest BCUT2D eigenvalue weighted by molar-refractivity contribution is 7.07. The van der Waals surface area contributed by atoms with Gasteiger partial charge in [0.25, 0.3) is 0 Å². The number of nitrogens with zero attached hydrogens (tertiary/aromatic N) is 3. The van der Waals surface area contributed by atoms with Gasteiger partial charge in [0.15, 0.2) is 0 Å². The quantitative estimate of drug-likeness (QED) is 0.769. The molecule has 3 aromatic rings. The number of hydrogen-bond acceptors (Lipinski definition) is 4. The van der Waals surface area contributed by atoms with E-state index in [1.807, 2.05) is 41.9 Å². The minimum atomic E-state index is -0.160. The molecule has 0 aliphatic carbocycles. The van der Waals surface area contributed by atoms with E-state index >= 15 is 0 Å². The summed E-state index contributed by atoms with van der Waals surface area (Å²) in [5.74, 6) is -0.160. The van der Waals surface area contributed by atoms with Crippen LogP contribution in [0.25, 0.3) is 5.65 Å². The van der Waals surface area contributed by atoms with E-state index < -0.39 is 0 Å². The third kappa shape index (κ3) is 3.09. The summed E-state index contributed by atoms with van der Waals surface area (Å²) in [5, 5.41) is 4.58. The van der Waals surface area contributed by atoms with Crippen LogP contribution in [0.3, 0.4) is 0 Å². The van der Waals surface area contributed by atoms with Gasteiger partial charge in [-0.15, -0.1) is 0 Å². The summed E-state index contributed by atoms with van der Waals surface area (Å²) in [5.41, 5.74) is 2.63. The number of amides is 1. The highest BCUT2D eigenvalue weighted by Crippen LogP contribution is 2.04. The van der Waals surface area contributed by atoms with E-state index in [0.717, 1.165) is 28.4 Å². The van der Waals surface area contributed by atoms with Gasteiger partial charge in [0.05, 0.1) is 5.69 Å². The molecule has 3 aromatic heterocycles. The van der Waals surface area contributed by atoms with Crippen molar-refractivity contribution in [2.75, 3.05) is 6.54 Å². The number of carbonyl (C=O) groups excluding carboxylic acids is 1. The molecular weight excluding hydrogens is 300 g/mol. The molecule has 3 rings (SSSR count). The second kappa shape index (κ2) is 6.15. The van der Waals surface area contributed by atoms with E-state index in [1.54, 1.807) is 5.38 Å². The van der Waals surface area contributed by atoms with Crippen molar-refractivity contribution in [2.24, 2.45) is 0 Å². The van der Waals surface area contributed by atoms with E-state index in [-0.39, 0.29) is 17.3 Å². The topological polar surface area (TPSA) is 68.4 Å². The Kier molecular flexibility index (Phi) is 4.06. The molecule has 114 valence electrons. The van der Waals surface area contributed by atoms with Crippen LogP contribution in [0.5, 0.6) is 0 Å².